The molecule has 5 heteroatoms. The van der Waals surface area contributed by atoms with Crippen LogP contribution in [0.5, 0.6) is 0 Å². The van der Waals surface area contributed by atoms with Gasteiger partial charge < -0.3 is 14.6 Å². The van der Waals surface area contributed by atoms with Gasteiger partial charge in [-0.15, -0.1) is 6.58 Å². The molecule has 0 atom stereocenters. The first-order chi connectivity index (χ1) is 9.38. The molecule has 21 heavy (non-hydrogen) atoms. The van der Waals surface area contributed by atoms with Crippen LogP contribution >= 0.6 is 0 Å². The van der Waals surface area contributed by atoms with Gasteiger partial charge in [0.05, 0.1) is 0 Å². The molecule has 0 aromatic heterocycles. The molecule has 0 aliphatic heterocycles. The van der Waals surface area contributed by atoms with Crippen LogP contribution < -0.4 is 0 Å². The molecule has 0 saturated heterocycles. The Kier molecular flexibility index (Phi) is 6.61. The second-order valence-corrected chi connectivity index (χ2v) is 7.05. The van der Waals surface area contributed by atoms with Crippen molar-refractivity contribution in [1.29, 1.82) is 0 Å². The number of hydrogen-bond acceptors (Lipinski definition) is 5. The highest BCUT2D eigenvalue weighted by Gasteiger charge is 2.49. The van der Waals surface area contributed by atoms with Crippen LogP contribution in [-0.4, -0.2) is 34.9 Å². The maximum absolute atomic E-state index is 12.5. The first-order valence-electron chi connectivity index (χ1n) is 7.06. The molecule has 0 aliphatic rings. The van der Waals surface area contributed by atoms with Crippen LogP contribution in [0.4, 0.5) is 0 Å². The van der Waals surface area contributed by atoms with E-state index in [1.807, 2.05) is 0 Å². The van der Waals surface area contributed by atoms with Gasteiger partial charge >= 0.3 is 11.9 Å². The van der Waals surface area contributed by atoms with Gasteiger partial charge in [-0.05, 0) is 54.4 Å². The van der Waals surface area contributed by atoms with Crippen molar-refractivity contribution in [3.05, 3.63) is 12.7 Å². The maximum Gasteiger partial charge on any atom is 0.324 e. The lowest BCUT2D eigenvalue weighted by Gasteiger charge is -2.33. The molecule has 0 radical (unpaired) electrons. The van der Waals surface area contributed by atoms with Crippen LogP contribution in [0.2, 0.25) is 0 Å². The molecular weight excluding hydrogens is 272 g/mol. The molecule has 0 unspecified atom stereocenters. The molecule has 0 rings (SSSR count). The van der Waals surface area contributed by atoms with Crippen molar-refractivity contribution in [3.63, 3.8) is 0 Å². The van der Waals surface area contributed by atoms with Crippen LogP contribution in [0.15, 0.2) is 12.7 Å². The van der Waals surface area contributed by atoms with Crippen LogP contribution in [0.1, 0.15) is 54.4 Å². The quantitative estimate of drug-likeness (QED) is 0.464. The summed E-state index contributed by atoms with van der Waals surface area (Å²) in [6.07, 6.45) is 1.45. The second-order valence-electron chi connectivity index (χ2n) is 7.05. The molecule has 1 N–H and O–H groups in total. The average molecular weight is 300 g/mol. The highest BCUT2D eigenvalue weighted by atomic mass is 16.6. The fourth-order valence-electron chi connectivity index (χ4n) is 1.75. The summed E-state index contributed by atoms with van der Waals surface area (Å²) in [5.74, 6) is -1.39. The van der Waals surface area contributed by atoms with Crippen molar-refractivity contribution in [2.75, 3.05) is 6.61 Å². The van der Waals surface area contributed by atoms with Crippen LogP contribution in [-0.2, 0) is 19.1 Å². The Bertz CT molecular complexity index is 356. The van der Waals surface area contributed by atoms with Gasteiger partial charge in [0, 0.05) is 6.61 Å². The minimum Gasteiger partial charge on any atom is -0.459 e. The minimum atomic E-state index is -1.56. The number of aliphatic hydroxyl groups excluding tert-OH is 1. The number of esters is 2. The van der Waals surface area contributed by atoms with Crippen LogP contribution in [0.25, 0.3) is 0 Å². The number of carbonyl (C=O) groups is 2. The third-order valence-electron chi connectivity index (χ3n) is 2.61. The highest BCUT2D eigenvalue weighted by Crippen LogP contribution is 2.34. The number of allylic oxidation sites excluding steroid dienone is 1. The molecule has 5 nitrogen and oxygen atoms in total. The monoisotopic (exact) mass is 300 g/mol. The van der Waals surface area contributed by atoms with Crippen molar-refractivity contribution in [3.8, 4) is 0 Å². The number of ether oxygens (including phenoxy) is 2. The van der Waals surface area contributed by atoms with Crippen LogP contribution in [0.3, 0.4) is 0 Å². The fourth-order valence-corrected chi connectivity index (χ4v) is 1.75. The van der Waals surface area contributed by atoms with Crippen molar-refractivity contribution >= 4 is 11.9 Å². The summed E-state index contributed by atoms with van der Waals surface area (Å²) in [5.41, 5.74) is -3.03. The third-order valence-corrected chi connectivity index (χ3v) is 2.61. The van der Waals surface area contributed by atoms with Gasteiger partial charge in [0.2, 0.25) is 0 Å². The van der Waals surface area contributed by atoms with Crippen molar-refractivity contribution in [1.82, 2.24) is 0 Å². The van der Waals surface area contributed by atoms with E-state index in [-0.39, 0.29) is 19.4 Å². The smallest absolute Gasteiger partial charge is 0.324 e. The predicted octanol–water partition coefficient (Wildman–Crippen LogP) is 2.61. The fraction of sp³-hybridized carbons (Fsp3) is 0.750. The molecule has 0 aromatic carbocycles. The molecular formula is C16H28O5. The Morgan fingerprint density at radius 2 is 1.38 bits per heavy atom. The molecule has 0 aromatic rings. The Labute approximate surface area is 127 Å². The van der Waals surface area contributed by atoms with E-state index in [9.17, 15) is 14.7 Å². The Balaban J connectivity index is 5.57. The molecule has 0 spiro atoms. The summed E-state index contributed by atoms with van der Waals surface area (Å²) in [7, 11) is 0. The number of aliphatic hydroxyl groups is 1. The van der Waals surface area contributed by atoms with E-state index in [1.165, 1.54) is 6.08 Å². The standard InChI is InChI=1S/C16H28O5/c1-8-9-16(10-11-17,12(18)20-14(2,3)4)13(19)21-15(5,6)7/h8,17H,1,9-11H2,2-7H3. The van der Waals surface area contributed by atoms with Crippen molar-refractivity contribution in [2.24, 2.45) is 5.41 Å². The minimum absolute atomic E-state index is 0.0530. The Hall–Kier alpha value is -1.36. The first kappa shape index (κ1) is 19.6. The van der Waals surface area contributed by atoms with E-state index in [0.29, 0.717) is 0 Å². The first-order valence-corrected chi connectivity index (χ1v) is 7.06. The summed E-state index contributed by atoms with van der Waals surface area (Å²) in [4.78, 5) is 25.0. The molecule has 0 fully saturated rings. The van der Waals surface area contributed by atoms with Crippen LogP contribution in [0, 0.1) is 5.41 Å². The SMILES string of the molecule is C=CCC(CCO)(C(=O)OC(C)(C)C)C(=O)OC(C)(C)C. The maximum atomic E-state index is 12.5. The summed E-state index contributed by atoms with van der Waals surface area (Å²) in [6, 6.07) is 0. The summed E-state index contributed by atoms with van der Waals surface area (Å²) < 4.78 is 10.7. The molecule has 0 amide bonds. The lowest BCUT2D eigenvalue weighted by Crippen LogP contribution is -2.47. The molecule has 0 aliphatic carbocycles. The summed E-state index contributed by atoms with van der Waals surface area (Å²) >= 11 is 0. The summed E-state index contributed by atoms with van der Waals surface area (Å²) in [5, 5.41) is 9.27. The van der Waals surface area contributed by atoms with E-state index in [4.69, 9.17) is 9.47 Å². The van der Waals surface area contributed by atoms with Gasteiger partial charge in [0.25, 0.3) is 0 Å². The average Bonchev–Trinajstić information content (AvgIpc) is 2.23. The second kappa shape index (κ2) is 7.07. The van der Waals surface area contributed by atoms with Crippen molar-refractivity contribution in [2.45, 2.75) is 65.6 Å². The van der Waals surface area contributed by atoms with Gasteiger partial charge in [0.15, 0.2) is 5.41 Å². The highest BCUT2D eigenvalue weighted by molar-refractivity contribution is 6.00. The predicted molar refractivity (Wildman–Crippen MR) is 80.6 cm³/mol. The zero-order chi connectivity index (χ0) is 16.9. The molecule has 0 bridgehead atoms. The van der Waals surface area contributed by atoms with E-state index in [1.54, 1.807) is 41.5 Å². The molecule has 0 saturated carbocycles. The normalized spacial score (nSPS) is 12.7. The number of carbonyl (C=O) groups excluding carboxylic acids is 2. The zero-order valence-corrected chi connectivity index (χ0v) is 14.0. The van der Waals surface area contributed by atoms with E-state index >= 15 is 0 Å². The molecule has 122 valence electrons. The van der Waals surface area contributed by atoms with Crippen molar-refractivity contribution < 1.29 is 24.2 Å². The van der Waals surface area contributed by atoms with Gasteiger partial charge in [-0.25, -0.2) is 0 Å². The number of rotatable bonds is 6. The van der Waals surface area contributed by atoms with E-state index in [2.05, 4.69) is 6.58 Å². The number of hydrogen-bond donors (Lipinski definition) is 1. The Morgan fingerprint density at radius 3 is 1.62 bits per heavy atom. The lowest BCUT2D eigenvalue weighted by atomic mass is 9.81. The van der Waals surface area contributed by atoms with Gasteiger partial charge in [-0.1, -0.05) is 6.08 Å². The van der Waals surface area contributed by atoms with Gasteiger partial charge in [-0.3, -0.25) is 9.59 Å². The van der Waals surface area contributed by atoms with Gasteiger partial charge in [-0.2, -0.15) is 0 Å². The van der Waals surface area contributed by atoms with Gasteiger partial charge in [0.1, 0.15) is 11.2 Å². The van der Waals surface area contributed by atoms with E-state index in [0.717, 1.165) is 0 Å². The molecule has 0 heterocycles. The zero-order valence-electron chi connectivity index (χ0n) is 14.0. The summed E-state index contributed by atoms with van der Waals surface area (Å²) in [6.45, 7) is 13.6. The van der Waals surface area contributed by atoms with E-state index < -0.39 is 28.6 Å². The topological polar surface area (TPSA) is 72.8 Å². The third kappa shape index (κ3) is 6.29. The largest absolute Gasteiger partial charge is 0.459 e. The lowest BCUT2D eigenvalue weighted by molar-refractivity contribution is -0.186. The Morgan fingerprint density at radius 1 is 1.00 bits per heavy atom.